The fourth-order valence-corrected chi connectivity index (χ4v) is 2.62. The molecule has 0 aliphatic carbocycles. The van der Waals surface area contributed by atoms with Crippen molar-refractivity contribution < 1.29 is 0 Å². The van der Waals surface area contributed by atoms with Crippen molar-refractivity contribution in [2.45, 2.75) is 32.1 Å². The SMILES string of the molecule is N#Cc1ccccc1NCCCN1CCCCCC1. The topological polar surface area (TPSA) is 39.1 Å². The molecule has 0 spiro atoms. The van der Waals surface area contributed by atoms with Crippen molar-refractivity contribution in [1.29, 1.82) is 5.26 Å². The van der Waals surface area contributed by atoms with E-state index in [1.54, 1.807) is 0 Å². The molecule has 1 N–H and O–H groups in total. The van der Waals surface area contributed by atoms with Crippen LogP contribution in [0.1, 0.15) is 37.7 Å². The first kappa shape index (κ1) is 13.9. The Bertz CT molecular complexity index is 414. The molecule has 2 rings (SSSR count). The van der Waals surface area contributed by atoms with E-state index in [2.05, 4.69) is 16.3 Å². The van der Waals surface area contributed by atoms with E-state index in [9.17, 15) is 0 Å². The average Bonchev–Trinajstić information content (AvgIpc) is 2.72. The Morgan fingerprint density at radius 1 is 1.11 bits per heavy atom. The third-order valence-corrected chi connectivity index (χ3v) is 3.71. The Morgan fingerprint density at radius 2 is 1.84 bits per heavy atom. The lowest BCUT2D eigenvalue weighted by Gasteiger charge is -2.19. The van der Waals surface area contributed by atoms with Gasteiger partial charge in [0.1, 0.15) is 6.07 Å². The van der Waals surface area contributed by atoms with E-state index in [1.165, 1.54) is 45.3 Å². The summed E-state index contributed by atoms with van der Waals surface area (Å²) in [6.45, 7) is 4.63. The van der Waals surface area contributed by atoms with Crippen LogP contribution in [0.25, 0.3) is 0 Å². The number of para-hydroxylation sites is 1. The van der Waals surface area contributed by atoms with E-state index in [4.69, 9.17) is 5.26 Å². The molecule has 0 amide bonds. The summed E-state index contributed by atoms with van der Waals surface area (Å²) >= 11 is 0. The van der Waals surface area contributed by atoms with Gasteiger partial charge in [0.2, 0.25) is 0 Å². The smallest absolute Gasteiger partial charge is 0.101 e. The molecular weight excluding hydrogens is 234 g/mol. The molecule has 19 heavy (non-hydrogen) atoms. The van der Waals surface area contributed by atoms with Crippen LogP contribution in [0.4, 0.5) is 5.69 Å². The van der Waals surface area contributed by atoms with Crippen molar-refractivity contribution in [3.8, 4) is 6.07 Å². The number of rotatable bonds is 5. The first-order valence-corrected chi connectivity index (χ1v) is 7.35. The predicted molar refractivity (Wildman–Crippen MR) is 79.2 cm³/mol. The number of likely N-dealkylation sites (tertiary alicyclic amines) is 1. The van der Waals surface area contributed by atoms with Crippen LogP contribution >= 0.6 is 0 Å². The molecule has 0 unspecified atom stereocenters. The Kier molecular flexibility index (Phi) is 5.71. The van der Waals surface area contributed by atoms with E-state index in [0.717, 1.165) is 24.2 Å². The summed E-state index contributed by atoms with van der Waals surface area (Å²) in [5.41, 5.74) is 1.69. The summed E-state index contributed by atoms with van der Waals surface area (Å²) < 4.78 is 0. The van der Waals surface area contributed by atoms with Crippen LogP contribution < -0.4 is 5.32 Å². The highest BCUT2D eigenvalue weighted by Crippen LogP contribution is 2.14. The van der Waals surface area contributed by atoms with Gasteiger partial charge in [-0.25, -0.2) is 0 Å². The minimum absolute atomic E-state index is 0.734. The largest absolute Gasteiger partial charge is 0.384 e. The van der Waals surface area contributed by atoms with Crippen molar-refractivity contribution in [2.24, 2.45) is 0 Å². The molecule has 1 aromatic carbocycles. The van der Waals surface area contributed by atoms with Crippen LogP contribution in [0, 0.1) is 11.3 Å². The highest BCUT2D eigenvalue weighted by Gasteiger charge is 2.08. The van der Waals surface area contributed by atoms with Gasteiger partial charge < -0.3 is 10.2 Å². The monoisotopic (exact) mass is 257 g/mol. The molecule has 3 nitrogen and oxygen atoms in total. The number of hydrogen-bond donors (Lipinski definition) is 1. The van der Waals surface area contributed by atoms with Crippen molar-refractivity contribution in [2.75, 3.05) is 31.5 Å². The summed E-state index contributed by atoms with van der Waals surface area (Å²) in [4.78, 5) is 2.57. The van der Waals surface area contributed by atoms with Crippen molar-refractivity contribution in [3.63, 3.8) is 0 Å². The second-order valence-electron chi connectivity index (χ2n) is 5.19. The third-order valence-electron chi connectivity index (χ3n) is 3.71. The third kappa shape index (κ3) is 4.57. The minimum Gasteiger partial charge on any atom is -0.384 e. The van der Waals surface area contributed by atoms with Gasteiger partial charge in [-0.1, -0.05) is 25.0 Å². The maximum atomic E-state index is 9.01. The second kappa shape index (κ2) is 7.81. The first-order chi connectivity index (χ1) is 9.40. The fraction of sp³-hybridized carbons (Fsp3) is 0.562. The van der Waals surface area contributed by atoms with E-state index in [-0.39, 0.29) is 0 Å². The highest BCUT2D eigenvalue weighted by atomic mass is 15.1. The molecule has 0 aromatic heterocycles. The number of nitrogens with zero attached hydrogens (tertiary/aromatic N) is 2. The Labute approximate surface area is 116 Å². The van der Waals surface area contributed by atoms with Gasteiger partial charge >= 0.3 is 0 Å². The van der Waals surface area contributed by atoms with Crippen LogP contribution in [-0.4, -0.2) is 31.1 Å². The molecule has 1 aromatic rings. The maximum Gasteiger partial charge on any atom is 0.101 e. The van der Waals surface area contributed by atoms with E-state index < -0.39 is 0 Å². The van der Waals surface area contributed by atoms with Gasteiger partial charge in [-0.05, 0) is 51.0 Å². The minimum atomic E-state index is 0.734. The lowest BCUT2D eigenvalue weighted by Crippen LogP contribution is -2.27. The zero-order valence-electron chi connectivity index (χ0n) is 11.6. The van der Waals surface area contributed by atoms with Gasteiger partial charge in [0.15, 0.2) is 0 Å². The van der Waals surface area contributed by atoms with Crippen LogP contribution in [-0.2, 0) is 0 Å². The highest BCUT2D eigenvalue weighted by molar-refractivity contribution is 5.56. The van der Waals surface area contributed by atoms with Crippen molar-refractivity contribution in [3.05, 3.63) is 29.8 Å². The molecular formula is C16H23N3. The van der Waals surface area contributed by atoms with Gasteiger partial charge in [0.25, 0.3) is 0 Å². The number of nitriles is 1. The molecule has 0 bridgehead atoms. The summed E-state index contributed by atoms with van der Waals surface area (Å²) in [6, 6.07) is 9.93. The average molecular weight is 257 g/mol. The Morgan fingerprint density at radius 3 is 2.58 bits per heavy atom. The van der Waals surface area contributed by atoms with Gasteiger partial charge in [-0.3, -0.25) is 0 Å². The second-order valence-corrected chi connectivity index (χ2v) is 5.19. The number of nitrogens with one attached hydrogen (secondary N) is 1. The standard InChI is InChI=1S/C16H23N3/c17-14-15-8-3-4-9-16(15)18-10-7-13-19-11-5-1-2-6-12-19/h3-4,8-9,18H,1-2,5-7,10-13H2. The van der Waals surface area contributed by atoms with E-state index in [0.29, 0.717) is 0 Å². The molecule has 1 aliphatic rings. The normalized spacial score (nSPS) is 16.6. The van der Waals surface area contributed by atoms with Gasteiger partial charge in [-0.15, -0.1) is 0 Å². The van der Waals surface area contributed by atoms with Gasteiger partial charge in [0.05, 0.1) is 11.3 Å². The van der Waals surface area contributed by atoms with Crippen molar-refractivity contribution >= 4 is 5.69 Å². The van der Waals surface area contributed by atoms with E-state index in [1.807, 2.05) is 24.3 Å². The summed E-state index contributed by atoms with van der Waals surface area (Å²) in [6.07, 6.45) is 6.63. The molecule has 1 fully saturated rings. The van der Waals surface area contributed by atoms with Crippen LogP contribution in [0.3, 0.4) is 0 Å². The number of anilines is 1. The molecule has 1 heterocycles. The molecule has 3 heteroatoms. The van der Waals surface area contributed by atoms with Crippen LogP contribution in [0.15, 0.2) is 24.3 Å². The summed E-state index contributed by atoms with van der Waals surface area (Å²) in [7, 11) is 0. The summed E-state index contributed by atoms with van der Waals surface area (Å²) in [5.74, 6) is 0. The molecule has 0 saturated carbocycles. The predicted octanol–water partition coefficient (Wildman–Crippen LogP) is 3.24. The van der Waals surface area contributed by atoms with Gasteiger partial charge in [-0.2, -0.15) is 5.26 Å². The summed E-state index contributed by atoms with van der Waals surface area (Å²) in [5, 5.41) is 12.4. The lowest BCUT2D eigenvalue weighted by atomic mass is 10.2. The molecule has 1 aliphatic heterocycles. The molecule has 102 valence electrons. The zero-order valence-corrected chi connectivity index (χ0v) is 11.6. The molecule has 0 radical (unpaired) electrons. The van der Waals surface area contributed by atoms with E-state index >= 15 is 0 Å². The Balaban J connectivity index is 1.70. The maximum absolute atomic E-state index is 9.01. The van der Waals surface area contributed by atoms with Crippen LogP contribution in [0.5, 0.6) is 0 Å². The van der Waals surface area contributed by atoms with Gasteiger partial charge in [0, 0.05) is 6.54 Å². The molecule has 1 saturated heterocycles. The first-order valence-electron chi connectivity index (χ1n) is 7.35. The number of benzene rings is 1. The fourth-order valence-electron chi connectivity index (χ4n) is 2.62. The quantitative estimate of drug-likeness (QED) is 0.823. The Hall–Kier alpha value is -1.53. The van der Waals surface area contributed by atoms with Crippen LogP contribution in [0.2, 0.25) is 0 Å². The zero-order chi connectivity index (χ0) is 13.3. The lowest BCUT2D eigenvalue weighted by molar-refractivity contribution is 0.284. The van der Waals surface area contributed by atoms with Crippen molar-refractivity contribution in [1.82, 2.24) is 4.90 Å². The molecule has 0 atom stereocenters. The number of hydrogen-bond acceptors (Lipinski definition) is 3.